The molecule has 0 heterocycles. The van der Waals surface area contributed by atoms with E-state index in [0.29, 0.717) is 5.92 Å². The molecular weight excluding hydrogens is 188 g/mol. The zero-order valence-corrected chi connectivity index (χ0v) is 10.0. The molecule has 88 valence electrons. The van der Waals surface area contributed by atoms with E-state index in [2.05, 4.69) is 31.1 Å². The number of allylic oxidation sites excluding steroid dienone is 1. The zero-order valence-electron chi connectivity index (χ0n) is 10.0. The van der Waals surface area contributed by atoms with Crippen molar-refractivity contribution in [3.8, 4) is 0 Å². The lowest BCUT2D eigenvalue weighted by Crippen LogP contribution is -2.36. The number of unbranched alkanes of at least 4 members (excludes halogenated alkanes) is 2. The summed E-state index contributed by atoms with van der Waals surface area (Å²) >= 11 is 0. The van der Waals surface area contributed by atoms with Crippen LogP contribution in [-0.2, 0) is 0 Å². The fourth-order valence-electron chi connectivity index (χ4n) is 1.15. The molecule has 0 spiro atoms. The van der Waals surface area contributed by atoms with Crippen molar-refractivity contribution in [2.24, 2.45) is 5.92 Å². The van der Waals surface area contributed by atoms with Crippen molar-refractivity contribution in [3.05, 3.63) is 12.7 Å². The van der Waals surface area contributed by atoms with Crippen LogP contribution in [0.15, 0.2) is 12.7 Å². The predicted octanol–water partition coefficient (Wildman–Crippen LogP) is 2.69. The Morgan fingerprint density at radius 1 is 1.27 bits per heavy atom. The molecule has 0 radical (unpaired) electrons. The van der Waals surface area contributed by atoms with Gasteiger partial charge in [-0.25, -0.2) is 4.79 Å². The molecule has 0 rings (SSSR count). The van der Waals surface area contributed by atoms with Gasteiger partial charge in [-0.05, 0) is 31.6 Å². The van der Waals surface area contributed by atoms with Gasteiger partial charge in [0.05, 0.1) is 0 Å². The Morgan fingerprint density at radius 2 is 1.93 bits per heavy atom. The second-order valence-electron chi connectivity index (χ2n) is 4.15. The highest BCUT2D eigenvalue weighted by Gasteiger charge is 1.99. The Hall–Kier alpha value is -0.990. The van der Waals surface area contributed by atoms with E-state index >= 15 is 0 Å². The summed E-state index contributed by atoms with van der Waals surface area (Å²) in [5, 5.41) is 5.67. The molecule has 0 atom stereocenters. The lowest BCUT2D eigenvalue weighted by Gasteiger charge is -2.08. The van der Waals surface area contributed by atoms with E-state index in [1.54, 1.807) is 0 Å². The number of nitrogens with one attached hydrogen (secondary N) is 2. The van der Waals surface area contributed by atoms with Crippen LogP contribution >= 0.6 is 0 Å². The molecule has 3 heteroatoms. The van der Waals surface area contributed by atoms with Crippen LogP contribution in [0.3, 0.4) is 0 Å². The molecule has 2 N–H and O–H groups in total. The number of carbonyl (C=O) groups excluding carboxylic acids is 1. The standard InChI is InChI=1S/C12H24N2O/c1-4-5-6-7-9-13-12(15)14-10-8-11(2)3/h4,11H,1,5-10H2,2-3H3,(H2,13,14,15). The highest BCUT2D eigenvalue weighted by molar-refractivity contribution is 5.73. The molecule has 0 saturated carbocycles. The van der Waals surface area contributed by atoms with Gasteiger partial charge in [0, 0.05) is 13.1 Å². The van der Waals surface area contributed by atoms with E-state index in [0.717, 1.165) is 38.8 Å². The fourth-order valence-corrected chi connectivity index (χ4v) is 1.15. The van der Waals surface area contributed by atoms with Crippen LogP contribution in [0.1, 0.15) is 39.5 Å². The van der Waals surface area contributed by atoms with Crippen LogP contribution in [-0.4, -0.2) is 19.1 Å². The monoisotopic (exact) mass is 212 g/mol. The minimum absolute atomic E-state index is 0.0470. The summed E-state index contributed by atoms with van der Waals surface area (Å²) in [5.74, 6) is 0.637. The van der Waals surface area contributed by atoms with Crippen molar-refractivity contribution >= 4 is 6.03 Å². The normalized spacial score (nSPS) is 10.1. The van der Waals surface area contributed by atoms with Crippen LogP contribution in [0.2, 0.25) is 0 Å². The Morgan fingerprint density at radius 3 is 2.53 bits per heavy atom. The molecule has 0 bridgehead atoms. The van der Waals surface area contributed by atoms with E-state index in [1.807, 2.05) is 6.08 Å². The van der Waals surface area contributed by atoms with Crippen molar-refractivity contribution in [3.63, 3.8) is 0 Å². The first-order chi connectivity index (χ1) is 7.16. The zero-order chi connectivity index (χ0) is 11.5. The van der Waals surface area contributed by atoms with E-state index in [1.165, 1.54) is 0 Å². The minimum atomic E-state index is -0.0470. The summed E-state index contributed by atoms with van der Waals surface area (Å²) in [6.07, 6.45) is 6.07. The maximum Gasteiger partial charge on any atom is 0.314 e. The molecule has 0 aliphatic carbocycles. The summed E-state index contributed by atoms with van der Waals surface area (Å²) < 4.78 is 0. The Bertz CT molecular complexity index is 178. The third kappa shape index (κ3) is 10.9. The Kier molecular flexibility index (Phi) is 8.93. The molecule has 2 amide bonds. The van der Waals surface area contributed by atoms with Gasteiger partial charge in [-0.3, -0.25) is 0 Å². The number of hydrogen-bond acceptors (Lipinski definition) is 1. The highest BCUT2D eigenvalue weighted by atomic mass is 16.2. The van der Waals surface area contributed by atoms with Crippen molar-refractivity contribution in [1.82, 2.24) is 10.6 Å². The molecular formula is C12H24N2O. The molecule has 0 aromatic rings. The van der Waals surface area contributed by atoms with Gasteiger partial charge < -0.3 is 10.6 Å². The van der Waals surface area contributed by atoms with Crippen LogP contribution in [0.4, 0.5) is 4.79 Å². The summed E-state index contributed by atoms with van der Waals surface area (Å²) in [7, 11) is 0. The SMILES string of the molecule is C=CCCCCNC(=O)NCCC(C)C. The summed E-state index contributed by atoms with van der Waals surface area (Å²) in [4.78, 5) is 11.2. The summed E-state index contributed by atoms with van der Waals surface area (Å²) in [6, 6.07) is -0.0470. The maximum absolute atomic E-state index is 11.2. The maximum atomic E-state index is 11.2. The topological polar surface area (TPSA) is 41.1 Å². The van der Waals surface area contributed by atoms with Crippen LogP contribution in [0, 0.1) is 5.92 Å². The number of urea groups is 1. The summed E-state index contributed by atoms with van der Waals surface area (Å²) in [5.41, 5.74) is 0. The van der Waals surface area contributed by atoms with Gasteiger partial charge in [-0.1, -0.05) is 19.9 Å². The van der Waals surface area contributed by atoms with Gasteiger partial charge in [0.1, 0.15) is 0 Å². The van der Waals surface area contributed by atoms with Crippen LogP contribution in [0.25, 0.3) is 0 Å². The van der Waals surface area contributed by atoms with Gasteiger partial charge in [0.15, 0.2) is 0 Å². The molecule has 15 heavy (non-hydrogen) atoms. The van der Waals surface area contributed by atoms with E-state index in [-0.39, 0.29) is 6.03 Å². The first-order valence-electron chi connectivity index (χ1n) is 5.79. The second-order valence-corrected chi connectivity index (χ2v) is 4.15. The molecule has 0 aliphatic heterocycles. The molecule has 3 nitrogen and oxygen atoms in total. The molecule has 0 fully saturated rings. The third-order valence-corrected chi connectivity index (χ3v) is 2.13. The number of rotatable bonds is 8. The fraction of sp³-hybridized carbons (Fsp3) is 0.750. The molecule has 0 unspecified atom stereocenters. The molecule has 0 aliphatic rings. The first kappa shape index (κ1) is 14.0. The van der Waals surface area contributed by atoms with Gasteiger partial charge in [0.2, 0.25) is 0 Å². The van der Waals surface area contributed by atoms with Gasteiger partial charge >= 0.3 is 6.03 Å². The third-order valence-electron chi connectivity index (χ3n) is 2.13. The van der Waals surface area contributed by atoms with Crippen molar-refractivity contribution in [2.45, 2.75) is 39.5 Å². The Labute approximate surface area is 93.3 Å². The lowest BCUT2D eigenvalue weighted by molar-refractivity contribution is 0.240. The minimum Gasteiger partial charge on any atom is -0.338 e. The molecule has 0 saturated heterocycles. The average Bonchev–Trinajstić information content (AvgIpc) is 2.17. The predicted molar refractivity (Wildman–Crippen MR) is 64.9 cm³/mol. The second kappa shape index (κ2) is 9.56. The largest absolute Gasteiger partial charge is 0.338 e. The van der Waals surface area contributed by atoms with Gasteiger partial charge in [-0.15, -0.1) is 6.58 Å². The van der Waals surface area contributed by atoms with Gasteiger partial charge in [0.25, 0.3) is 0 Å². The van der Waals surface area contributed by atoms with Gasteiger partial charge in [-0.2, -0.15) is 0 Å². The smallest absolute Gasteiger partial charge is 0.314 e. The van der Waals surface area contributed by atoms with E-state index in [4.69, 9.17) is 0 Å². The average molecular weight is 212 g/mol. The number of amides is 2. The van der Waals surface area contributed by atoms with E-state index in [9.17, 15) is 4.79 Å². The number of carbonyl (C=O) groups is 1. The summed E-state index contributed by atoms with van der Waals surface area (Å²) in [6.45, 7) is 9.46. The number of hydrogen-bond donors (Lipinski definition) is 2. The molecule has 0 aromatic carbocycles. The van der Waals surface area contributed by atoms with Crippen LogP contribution in [0.5, 0.6) is 0 Å². The quantitative estimate of drug-likeness (QED) is 0.471. The lowest BCUT2D eigenvalue weighted by atomic mass is 10.1. The Balaban J connectivity index is 3.22. The van der Waals surface area contributed by atoms with Crippen LogP contribution < -0.4 is 10.6 Å². The highest BCUT2D eigenvalue weighted by Crippen LogP contribution is 1.96. The first-order valence-corrected chi connectivity index (χ1v) is 5.79. The van der Waals surface area contributed by atoms with Crippen molar-refractivity contribution < 1.29 is 4.79 Å². The van der Waals surface area contributed by atoms with Crippen molar-refractivity contribution in [2.75, 3.05) is 13.1 Å². The van der Waals surface area contributed by atoms with E-state index < -0.39 is 0 Å². The molecule has 0 aromatic heterocycles. The van der Waals surface area contributed by atoms with Crippen molar-refractivity contribution in [1.29, 1.82) is 0 Å².